The van der Waals surface area contributed by atoms with Crippen molar-refractivity contribution in [3.63, 3.8) is 0 Å². The average molecular weight is 537 g/mol. The van der Waals surface area contributed by atoms with E-state index in [-0.39, 0.29) is 11.7 Å². The largest absolute Gasteiger partial charge is 0.472 e. The number of esters is 1. The maximum absolute atomic E-state index is 13.9. The van der Waals surface area contributed by atoms with Crippen molar-refractivity contribution in [1.29, 1.82) is 0 Å². The van der Waals surface area contributed by atoms with Crippen molar-refractivity contribution in [1.82, 2.24) is 0 Å². The first-order valence-corrected chi connectivity index (χ1v) is 13.6. The first kappa shape index (κ1) is 26.4. The van der Waals surface area contributed by atoms with Gasteiger partial charge in [-0.05, 0) is 38.5 Å². The zero-order valence-electron chi connectivity index (χ0n) is 23.2. The lowest BCUT2D eigenvalue weighted by atomic mass is 9.39. The van der Waals surface area contributed by atoms with Gasteiger partial charge in [0, 0.05) is 39.6 Å². The molecule has 3 fully saturated rings. The lowest BCUT2D eigenvalue weighted by molar-refractivity contribution is -0.228. The number of aliphatic hydroxyl groups excluding tert-OH is 1. The van der Waals surface area contributed by atoms with Gasteiger partial charge in [0.2, 0.25) is 0 Å². The van der Waals surface area contributed by atoms with E-state index in [4.69, 9.17) is 18.6 Å². The van der Waals surface area contributed by atoms with Crippen molar-refractivity contribution in [2.24, 2.45) is 33.5 Å². The summed E-state index contributed by atoms with van der Waals surface area (Å²) in [6.45, 7) is 11.4. The van der Waals surface area contributed by atoms with E-state index in [2.05, 4.69) is 0 Å². The number of aliphatic hydroxyl groups is 1. The quantitative estimate of drug-likeness (QED) is 0.267. The van der Waals surface area contributed by atoms with E-state index >= 15 is 0 Å². The summed E-state index contributed by atoms with van der Waals surface area (Å²) in [6.07, 6.45) is 9.89. The third-order valence-corrected chi connectivity index (χ3v) is 11.1. The fourth-order valence-corrected chi connectivity index (χ4v) is 9.14. The molecule has 1 saturated carbocycles. The first-order chi connectivity index (χ1) is 18.4. The Kier molecular flexibility index (Phi) is 5.50. The Balaban J connectivity index is 1.61. The molecule has 8 nitrogen and oxygen atoms in total. The van der Waals surface area contributed by atoms with E-state index in [9.17, 15) is 19.5 Å². The van der Waals surface area contributed by atoms with Gasteiger partial charge in [-0.2, -0.15) is 0 Å². The molecule has 2 saturated heterocycles. The molecule has 1 spiro atoms. The van der Waals surface area contributed by atoms with Gasteiger partial charge in [0.05, 0.1) is 30.7 Å². The molecule has 0 amide bonds. The monoisotopic (exact) mass is 536 g/mol. The van der Waals surface area contributed by atoms with Crippen LogP contribution in [0.5, 0.6) is 0 Å². The molecule has 208 valence electrons. The summed E-state index contributed by atoms with van der Waals surface area (Å²) in [7, 11) is 0. The number of ketones is 1. The molecule has 0 radical (unpaired) electrons. The molecule has 1 aromatic rings. The summed E-state index contributed by atoms with van der Waals surface area (Å²) in [4.78, 5) is 40.4. The highest BCUT2D eigenvalue weighted by Crippen LogP contribution is 2.75. The molecular formula is C31H36O8. The summed E-state index contributed by atoms with van der Waals surface area (Å²) in [5.41, 5.74) is -4.31. The van der Waals surface area contributed by atoms with Gasteiger partial charge in [-0.25, -0.2) is 4.79 Å². The van der Waals surface area contributed by atoms with Crippen LogP contribution in [0.4, 0.5) is 0 Å². The summed E-state index contributed by atoms with van der Waals surface area (Å²) < 4.78 is 24.7. The normalized spacial score (nSPS) is 49.8. The second-order valence-corrected chi connectivity index (χ2v) is 12.8. The van der Waals surface area contributed by atoms with Gasteiger partial charge in [-0.15, -0.1) is 0 Å². The molecule has 11 atom stereocenters. The van der Waals surface area contributed by atoms with Gasteiger partial charge < -0.3 is 28.5 Å². The molecule has 0 aromatic carbocycles. The topological polar surface area (TPSA) is 112 Å². The second-order valence-electron chi connectivity index (χ2n) is 12.8. The highest BCUT2D eigenvalue weighted by Gasteiger charge is 2.84. The summed E-state index contributed by atoms with van der Waals surface area (Å²) >= 11 is 0. The summed E-state index contributed by atoms with van der Waals surface area (Å²) in [5, 5.41) is 11.8. The number of furan rings is 1. The second kappa shape index (κ2) is 8.12. The molecular weight excluding hydrogens is 500 g/mol. The van der Waals surface area contributed by atoms with Gasteiger partial charge in [-0.3, -0.25) is 4.79 Å². The van der Waals surface area contributed by atoms with Crippen molar-refractivity contribution in [3.8, 4) is 0 Å². The Morgan fingerprint density at radius 2 is 1.92 bits per heavy atom. The number of hydrogen-bond acceptors (Lipinski definition) is 8. The predicted octanol–water partition coefficient (Wildman–Crippen LogP) is 3.91. The van der Waals surface area contributed by atoms with Gasteiger partial charge in [0.15, 0.2) is 12.1 Å². The van der Waals surface area contributed by atoms with Crippen LogP contribution in [-0.4, -0.2) is 53.9 Å². The molecule has 6 rings (SSSR count). The van der Waals surface area contributed by atoms with E-state index in [0.717, 1.165) is 11.8 Å². The van der Waals surface area contributed by atoms with Crippen molar-refractivity contribution >= 4 is 18.0 Å². The van der Waals surface area contributed by atoms with Crippen LogP contribution in [-0.2, 0) is 28.6 Å². The number of rotatable bonds is 4. The molecule has 0 bridgehead atoms. The first-order valence-electron chi connectivity index (χ1n) is 13.6. The fourth-order valence-electron chi connectivity index (χ4n) is 9.14. The number of hydrogen-bond donors (Lipinski definition) is 1. The number of carbonyl (C=O) groups is 3. The minimum absolute atomic E-state index is 0.132. The van der Waals surface area contributed by atoms with Crippen molar-refractivity contribution in [2.75, 3.05) is 6.61 Å². The van der Waals surface area contributed by atoms with Crippen LogP contribution in [0.3, 0.4) is 0 Å². The Labute approximate surface area is 228 Å². The smallest absolute Gasteiger partial charge is 0.333 e. The van der Waals surface area contributed by atoms with Crippen LogP contribution in [0, 0.1) is 33.5 Å². The number of allylic oxidation sites excluding steroid dienone is 3. The third-order valence-electron chi connectivity index (χ3n) is 11.1. The molecule has 0 unspecified atom stereocenters. The van der Waals surface area contributed by atoms with Crippen LogP contribution in [0.15, 0.2) is 59.0 Å². The Hall–Kier alpha value is -2.81. The Morgan fingerprint density at radius 1 is 1.18 bits per heavy atom. The standard InChI is InChI=1S/C31H36O8/c1-7-17(2)25(34)38-24-21-22-27(3,16-37-21)11-9-20(33)29(22,5)23-26(35)39-31(30(23,24)6)12-8-19(28(31,4)15-32)18-10-13-36-14-18/h7-15,19,21-24,26,35H,16H2,1-6H3/t19-,21+,22-,23-,24+,26+,27-,28-,29-,30-,31+/m0/s1. The minimum Gasteiger partial charge on any atom is -0.472 e. The zero-order valence-corrected chi connectivity index (χ0v) is 23.2. The zero-order chi connectivity index (χ0) is 28.2. The van der Waals surface area contributed by atoms with Crippen molar-refractivity contribution in [3.05, 3.63) is 60.1 Å². The van der Waals surface area contributed by atoms with E-state index in [1.807, 2.05) is 39.0 Å². The molecule has 8 heteroatoms. The molecule has 5 aliphatic rings. The lowest BCUT2D eigenvalue weighted by Crippen LogP contribution is -2.72. The van der Waals surface area contributed by atoms with Crippen LogP contribution in [0.2, 0.25) is 0 Å². The lowest BCUT2D eigenvalue weighted by Gasteiger charge is -2.62. The summed E-state index contributed by atoms with van der Waals surface area (Å²) in [6, 6.07) is 1.80. The number of ether oxygens (including phenoxy) is 3. The van der Waals surface area contributed by atoms with Crippen LogP contribution in [0.25, 0.3) is 0 Å². The van der Waals surface area contributed by atoms with Crippen LogP contribution in [0.1, 0.15) is 53.0 Å². The molecule has 39 heavy (non-hydrogen) atoms. The highest BCUT2D eigenvalue weighted by atomic mass is 16.6. The summed E-state index contributed by atoms with van der Waals surface area (Å²) in [5.74, 6) is -2.27. The number of fused-ring (bicyclic) bond motifs is 3. The van der Waals surface area contributed by atoms with Gasteiger partial charge in [0.1, 0.15) is 18.0 Å². The van der Waals surface area contributed by atoms with Gasteiger partial charge in [-0.1, -0.05) is 45.1 Å². The van der Waals surface area contributed by atoms with E-state index < -0.39 is 63.6 Å². The minimum atomic E-state index is -1.43. The van der Waals surface area contributed by atoms with Gasteiger partial charge >= 0.3 is 5.97 Å². The van der Waals surface area contributed by atoms with Gasteiger partial charge in [0.25, 0.3) is 0 Å². The maximum Gasteiger partial charge on any atom is 0.333 e. The number of carbonyl (C=O) groups excluding carboxylic acids is 3. The van der Waals surface area contributed by atoms with Crippen molar-refractivity contribution < 1.29 is 38.1 Å². The Bertz CT molecular complexity index is 1330. The molecule has 2 aliphatic heterocycles. The molecule has 1 aromatic heterocycles. The third kappa shape index (κ3) is 2.87. The molecule has 3 heterocycles. The van der Waals surface area contributed by atoms with E-state index in [0.29, 0.717) is 12.2 Å². The van der Waals surface area contributed by atoms with E-state index in [1.165, 1.54) is 0 Å². The maximum atomic E-state index is 13.9. The number of aldehydes is 1. The predicted molar refractivity (Wildman–Crippen MR) is 139 cm³/mol. The fraction of sp³-hybridized carbons (Fsp3) is 0.581. The van der Waals surface area contributed by atoms with E-state index in [1.54, 1.807) is 51.5 Å². The Morgan fingerprint density at radius 3 is 2.56 bits per heavy atom. The van der Waals surface area contributed by atoms with Crippen molar-refractivity contribution in [2.45, 2.75) is 71.6 Å². The highest BCUT2D eigenvalue weighted by molar-refractivity contribution is 5.97. The average Bonchev–Trinajstić information content (AvgIpc) is 3.66. The van der Waals surface area contributed by atoms with Crippen LogP contribution < -0.4 is 0 Å². The SMILES string of the molecule is CC=C(C)C(=O)O[C@@H]1[C@@H]2OC[C@]3(C)C=CC(=O)[C@@](C)([C@@H]23)[C@@H]2[C@H](O)O[C@@]3(C=C[C@@H](c4ccoc4)[C@]3(C)C=O)[C@]12C. The molecule has 1 N–H and O–H groups in total. The molecule has 3 aliphatic carbocycles. The van der Waals surface area contributed by atoms with Crippen LogP contribution >= 0.6 is 0 Å².